The Morgan fingerprint density at radius 1 is 1.50 bits per heavy atom. The Hall–Kier alpha value is -1.77. The standard InChI is InChI=1S/C13H19N2O/c1-3-8-15(4-2)9-10-16-13-7-5-6-12(14)11-13/h4-8,11H,2-3,9-10,14H2,1H3/q+1. The van der Waals surface area contributed by atoms with Gasteiger partial charge in [0.25, 0.3) is 0 Å². The molecule has 0 atom stereocenters. The zero-order chi connectivity index (χ0) is 11.8. The number of rotatable bonds is 6. The lowest BCUT2D eigenvalue weighted by atomic mass is 10.3. The fourth-order valence-electron chi connectivity index (χ4n) is 1.36. The molecule has 0 amide bonds. The Labute approximate surface area is 96.9 Å². The molecular weight excluding hydrogens is 200 g/mol. The summed E-state index contributed by atoms with van der Waals surface area (Å²) >= 11 is 0. The van der Waals surface area contributed by atoms with E-state index in [0.29, 0.717) is 6.61 Å². The van der Waals surface area contributed by atoms with Gasteiger partial charge in [-0.05, 0) is 18.7 Å². The lowest BCUT2D eigenvalue weighted by Crippen LogP contribution is -2.15. The Morgan fingerprint density at radius 3 is 2.94 bits per heavy atom. The maximum atomic E-state index is 5.65. The van der Waals surface area contributed by atoms with Crippen LogP contribution in [0.5, 0.6) is 5.75 Å². The van der Waals surface area contributed by atoms with Crippen LogP contribution in [0, 0.1) is 0 Å². The SMILES string of the molecule is C=C[N+](=CCC)CCOc1cccc(N)c1. The quantitative estimate of drug-likeness (QED) is 0.453. The number of hydrogen-bond acceptors (Lipinski definition) is 2. The van der Waals surface area contributed by atoms with Gasteiger partial charge >= 0.3 is 0 Å². The summed E-state index contributed by atoms with van der Waals surface area (Å²) in [7, 11) is 0. The van der Waals surface area contributed by atoms with E-state index in [4.69, 9.17) is 10.5 Å². The molecule has 0 fully saturated rings. The van der Waals surface area contributed by atoms with Gasteiger partial charge in [0.1, 0.15) is 18.6 Å². The van der Waals surface area contributed by atoms with Crippen LogP contribution in [-0.2, 0) is 0 Å². The van der Waals surface area contributed by atoms with Crippen LogP contribution in [0.25, 0.3) is 0 Å². The average molecular weight is 219 g/mol. The molecule has 0 bridgehead atoms. The van der Waals surface area contributed by atoms with Crippen LogP contribution in [0.4, 0.5) is 5.69 Å². The molecule has 0 aliphatic rings. The molecule has 3 heteroatoms. The number of ether oxygens (including phenoxy) is 1. The van der Waals surface area contributed by atoms with E-state index in [1.807, 2.05) is 28.8 Å². The number of hydrogen-bond donors (Lipinski definition) is 1. The van der Waals surface area contributed by atoms with Crippen LogP contribution in [0.1, 0.15) is 13.3 Å². The van der Waals surface area contributed by atoms with Crippen molar-refractivity contribution in [3.63, 3.8) is 0 Å². The van der Waals surface area contributed by atoms with E-state index in [1.54, 1.807) is 6.20 Å². The minimum Gasteiger partial charge on any atom is -0.487 e. The van der Waals surface area contributed by atoms with Gasteiger partial charge in [0.2, 0.25) is 0 Å². The normalized spacial score (nSPS) is 11.2. The summed E-state index contributed by atoms with van der Waals surface area (Å²) < 4.78 is 7.60. The summed E-state index contributed by atoms with van der Waals surface area (Å²) in [6.45, 7) is 7.25. The summed E-state index contributed by atoms with van der Waals surface area (Å²) in [5, 5.41) is 0. The average Bonchev–Trinajstić information content (AvgIpc) is 2.28. The predicted octanol–water partition coefficient (Wildman–Crippen LogP) is 2.28. The van der Waals surface area contributed by atoms with Crippen LogP contribution in [0.2, 0.25) is 0 Å². The summed E-state index contributed by atoms with van der Waals surface area (Å²) in [5.41, 5.74) is 6.37. The zero-order valence-electron chi connectivity index (χ0n) is 9.73. The molecule has 0 heterocycles. The molecule has 0 aliphatic heterocycles. The minimum absolute atomic E-state index is 0.617. The Balaban J connectivity index is 2.41. The number of anilines is 1. The van der Waals surface area contributed by atoms with Crippen molar-refractivity contribution in [2.24, 2.45) is 0 Å². The molecule has 0 saturated carbocycles. The molecule has 2 N–H and O–H groups in total. The smallest absolute Gasteiger partial charge is 0.181 e. The Kier molecular flexibility index (Phi) is 5.12. The summed E-state index contributed by atoms with van der Waals surface area (Å²) in [6.07, 6.45) is 4.87. The first-order chi connectivity index (χ1) is 7.76. The van der Waals surface area contributed by atoms with Crippen LogP contribution >= 0.6 is 0 Å². The molecule has 1 aromatic rings. The summed E-state index contributed by atoms with van der Waals surface area (Å²) in [4.78, 5) is 0. The molecule has 16 heavy (non-hydrogen) atoms. The van der Waals surface area contributed by atoms with Gasteiger partial charge in [-0.2, -0.15) is 0 Å². The van der Waals surface area contributed by atoms with Gasteiger partial charge in [0.05, 0.1) is 0 Å². The van der Waals surface area contributed by atoms with Crippen molar-refractivity contribution in [2.75, 3.05) is 18.9 Å². The summed E-state index contributed by atoms with van der Waals surface area (Å²) in [6, 6.07) is 7.45. The van der Waals surface area contributed by atoms with Gasteiger partial charge in [-0.3, -0.25) is 0 Å². The van der Waals surface area contributed by atoms with E-state index in [1.165, 1.54) is 0 Å². The fraction of sp³-hybridized carbons (Fsp3) is 0.308. The first-order valence-corrected chi connectivity index (χ1v) is 5.46. The first-order valence-electron chi connectivity index (χ1n) is 5.46. The zero-order valence-corrected chi connectivity index (χ0v) is 9.73. The van der Waals surface area contributed by atoms with Gasteiger partial charge in [-0.15, -0.1) is 0 Å². The third-order valence-electron chi connectivity index (χ3n) is 2.13. The number of nitrogens with zero attached hydrogens (tertiary/aromatic N) is 1. The maximum absolute atomic E-state index is 5.65. The van der Waals surface area contributed by atoms with Gasteiger partial charge in [0, 0.05) is 18.2 Å². The van der Waals surface area contributed by atoms with E-state index in [-0.39, 0.29) is 0 Å². The second-order valence-corrected chi connectivity index (χ2v) is 3.43. The van der Waals surface area contributed by atoms with Crippen LogP contribution in [-0.4, -0.2) is 23.9 Å². The van der Waals surface area contributed by atoms with Gasteiger partial charge < -0.3 is 10.5 Å². The molecule has 0 spiro atoms. The number of benzene rings is 1. The van der Waals surface area contributed by atoms with Gasteiger partial charge in [-0.1, -0.05) is 13.0 Å². The second kappa shape index (κ2) is 6.67. The molecule has 0 radical (unpaired) electrons. The van der Waals surface area contributed by atoms with Crippen molar-refractivity contribution >= 4 is 11.9 Å². The lowest BCUT2D eigenvalue weighted by molar-refractivity contribution is -0.454. The summed E-state index contributed by atoms with van der Waals surface area (Å²) in [5.74, 6) is 0.806. The first kappa shape index (κ1) is 12.3. The lowest BCUT2D eigenvalue weighted by Gasteiger charge is -2.04. The van der Waals surface area contributed by atoms with Crippen LogP contribution in [0.15, 0.2) is 37.0 Å². The highest BCUT2D eigenvalue weighted by atomic mass is 16.5. The van der Waals surface area contributed by atoms with Crippen LogP contribution < -0.4 is 10.5 Å². The van der Waals surface area contributed by atoms with Crippen molar-refractivity contribution in [3.8, 4) is 5.75 Å². The van der Waals surface area contributed by atoms with E-state index in [9.17, 15) is 0 Å². The topological polar surface area (TPSA) is 38.3 Å². The highest BCUT2D eigenvalue weighted by Crippen LogP contribution is 2.13. The molecule has 1 aromatic carbocycles. The third-order valence-corrected chi connectivity index (χ3v) is 2.13. The molecular formula is C13H19N2O+. The fourth-order valence-corrected chi connectivity index (χ4v) is 1.36. The Bertz CT molecular complexity index is 372. The van der Waals surface area contributed by atoms with Gasteiger partial charge in [0.15, 0.2) is 12.7 Å². The van der Waals surface area contributed by atoms with E-state index in [2.05, 4.69) is 19.7 Å². The largest absolute Gasteiger partial charge is 0.487 e. The van der Waals surface area contributed by atoms with E-state index >= 15 is 0 Å². The van der Waals surface area contributed by atoms with Crippen LogP contribution in [0.3, 0.4) is 0 Å². The Morgan fingerprint density at radius 2 is 2.31 bits per heavy atom. The molecule has 0 unspecified atom stereocenters. The number of nitrogens with two attached hydrogens (primary N) is 1. The van der Waals surface area contributed by atoms with Crippen molar-refractivity contribution in [3.05, 3.63) is 37.0 Å². The predicted molar refractivity (Wildman–Crippen MR) is 68.0 cm³/mol. The van der Waals surface area contributed by atoms with Crippen molar-refractivity contribution < 1.29 is 9.31 Å². The molecule has 0 aliphatic carbocycles. The van der Waals surface area contributed by atoms with Crippen molar-refractivity contribution in [1.29, 1.82) is 0 Å². The molecule has 86 valence electrons. The van der Waals surface area contributed by atoms with E-state index in [0.717, 1.165) is 24.4 Å². The second-order valence-electron chi connectivity index (χ2n) is 3.43. The minimum atomic E-state index is 0.617. The number of nitrogen functional groups attached to an aromatic ring is 1. The van der Waals surface area contributed by atoms with Crippen molar-refractivity contribution in [1.82, 2.24) is 0 Å². The van der Waals surface area contributed by atoms with Crippen molar-refractivity contribution in [2.45, 2.75) is 13.3 Å². The highest BCUT2D eigenvalue weighted by molar-refractivity contribution is 5.50. The monoisotopic (exact) mass is 219 g/mol. The maximum Gasteiger partial charge on any atom is 0.181 e. The molecule has 3 nitrogen and oxygen atoms in total. The van der Waals surface area contributed by atoms with Gasteiger partial charge in [-0.25, -0.2) is 4.58 Å². The molecule has 0 aromatic heterocycles. The third kappa shape index (κ3) is 4.17. The molecule has 0 saturated heterocycles. The highest BCUT2D eigenvalue weighted by Gasteiger charge is 1.99. The van der Waals surface area contributed by atoms with E-state index < -0.39 is 0 Å². The molecule has 1 rings (SSSR count).